The summed E-state index contributed by atoms with van der Waals surface area (Å²) >= 11 is 0. The van der Waals surface area contributed by atoms with E-state index in [1.165, 1.54) is 0 Å². The highest BCUT2D eigenvalue weighted by Gasteiger charge is 2.28. The normalized spacial score (nSPS) is 20.6. The van der Waals surface area contributed by atoms with Gasteiger partial charge in [-0.2, -0.15) is 0 Å². The molecule has 0 bridgehead atoms. The van der Waals surface area contributed by atoms with Gasteiger partial charge in [0, 0.05) is 20.0 Å². The van der Waals surface area contributed by atoms with Crippen molar-refractivity contribution in [1.29, 1.82) is 0 Å². The minimum Gasteiger partial charge on any atom is -0.497 e. The van der Waals surface area contributed by atoms with Crippen molar-refractivity contribution in [2.45, 2.75) is 51.4 Å². The van der Waals surface area contributed by atoms with E-state index in [1.807, 2.05) is 36.4 Å². The van der Waals surface area contributed by atoms with Crippen molar-refractivity contribution in [3.8, 4) is 11.5 Å². The molecule has 0 radical (unpaired) electrons. The highest BCUT2D eigenvalue weighted by Crippen LogP contribution is 2.28. The number of rotatable bonds is 10. The molecule has 7 heteroatoms. The van der Waals surface area contributed by atoms with Gasteiger partial charge in [0.05, 0.1) is 33.5 Å². The number of benzene rings is 2. The number of ether oxygens (including phenoxy) is 6. The molecule has 1 aliphatic heterocycles. The van der Waals surface area contributed by atoms with E-state index in [-0.39, 0.29) is 24.9 Å². The van der Waals surface area contributed by atoms with E-state index in [4.69, 9.17) is 28.4 Å². The first-order chi connectivity index (χ1) is 17.5. The van der Waals surface area contributed by atoms with E-state index in [9.17, 15) is 4.79 Å². The summed E-state index contributed by atoms with van der Waals surface area (Å²) in [4.78, 5) is 13.4. The fourth-order valence-electron chi connectivity index (χ4n) is 4.26. The number of carbonyl (C=O) groups is 1. The second-order valence-electron chi connectivity index (χ2n) is 8.95. The molecule has 0 fully saturated rings. The summed E-state index contributed by atoms with van der Waals surface area (Å²) in [5.74, 6) is 1.15. The Morgan fingerprint density at radius 1 is 1.00 bits per heavy atom. The topological polar surface area (TPSA) is 72.5 Å². The van der Waals surface area contributed by atoms with Crippen LogP contribution < -0.4 is 9.47 Å². The van der Waals surface area contributed by atoms with Gasteiger partial charge in [-0.3, -0.25) is 0 Å². The largest absolute Gasteiger partial charge is 0.497 e. The van der Waals surface area contributed by atoms with Gasteiger partial charge in [-0.1, -0.05) is 43.3 Å². The molecular formula is C29H38O7. The third kappa shape index (κ3) is 8.08. The maximum atomic E-state index is 13.4. The number of carbonyl (C=O) groups excluding carboxylic acids is 1. The van der Waals surface area contributed by atoms with Crippen LogP contribution >= 0.6 is 0 Å². The molecule has 1 aliphatic rings. The molecule has 7 nitrogen and oxygen atoms in total. The second-order valence-corrected chi connectivity index (χ2v) is 8.95. The second kappa shape index (κ2) is 14.6. The zero-order chi connectivity index (χ0) is 25.8. The molecule has 0 spiro atoms. The lowest BCUT2D eigenvalue weighted by molar-refractivity contribution is -0.104. The van der Waals surface area contributed by atoms with Crippen LogP contribution in [0.3, 0.4) is 0 Å². The molecule has 0 saturated carbocycles. The van der Waals surface area contributed by atoms with Crippen molar-refractivity contribution in [2.75, 3.05) is 34.7 Å². The number of esters is 1. The molecule has 2 aromatic carbocycles. The quantitative estimate of drug-likeness (QED) is 0.189. The number of allylic oxidation sites excluding steroid dienone is 2. The average Bonchev–Trinajstić information content (AvgIpc) is 2.90. The van der Waals surface area contributed by atoms with Crippen LogP contribution in [-0.2, 0) is 32.0 Å². The van der Waals surface area contributed by atoms with Gasteiger partial charge in [0.15, 0.2) is 0 Å². The van der Waals surface area contributed by atoms with E-state index in [0.717, 1.165) is 23.3 Å². The summed E-state index contributed by atoms with van der Waals surface area (Å²) in [6, 6.07) is 13.4. The van der Waals surface area contributed by atoms with Crippen LogP contribution in [0.2, 0.25) is 0 Å². The van der Waals surface area contributed by atoms with Gasteiger partial charge in [0.2, 0.25) is 0 Å². The fourth-order valence-corrected chi connectivity index (χ4v) is 4.26. The molecule has 196 valence electrons. The molecule has 0 saturated heterocycles. The Morgan fingerprint density at radius 2 is 1.81 bits per heavy atom. The van der Waals surface area contributed by atoms with Gasteiger partial charge >= 0.3 is 5.97 Å². The average molecular weight is 499 g/mol. The molecule has 36 heavy (non-hydrogen) atoms. The zero-order valence-corrected chi connectivity index (χ0v) is 21.7. The summed E-state index contributed by atoms with van der Waals surface area (Å²) < 4.78 is 33.9. The number of fused-ring (bicyclic) bond motifs is 1. The highest BCUT2D eigenvalue weighted by atomic mass is 16.7. The summed E-state index contributed by atoms with van der Waals surface area (Å²) in [6.07, 6.45) is 6.26. The molecule has 0 N–H and O–H groups in total. The van der Waals surface area contributed by atoms with Crippen LogP contribution in [0.15, 0.2) is 54.6 Å². The van der Waals surface area contributed by atoms with Gasteiger partial charge in [-0.25, -0.2) is 4.79 Å². The molecule has 2 aromatic rings. The van der Waals surface area contributed by atoms with Gasteiger partial charge < -0.3 is 28.4 Å². The zero-order valence-electron chi connectivity index (χ0n) is 21.7. The third-order valence-corrected chi connectivity index (χ3v) is 6.36. The first kappa shape index (κ1) is 27.7. The highest BCUT2D eigenvalue weighted by molar-refractivity contribution is 5.94. The first-order valence-corrected chi connectivity index (χ1v) is 12.4. The van der Waals surface area contributed by atoms with Crippen molar-refractivity contribution in [3.63, 3.8) is 0 Å². The lowest BCUT2D eigenvalue weighted by Crippen LogP contribution is -2.32. The van der Waals surface area contributed by atoms with E-state index >= 15 is 0 Å². The van der Waals surface area contributed by atoms with Crippen molar-refractivity contribution < 1.29 is 33.2 Å². The van der Waals surface area contributed by atoms with Crippen LogP contribution in [0.4, 0.5) is 0 Å². The lowest BCUT2D eigenvalue weighted by Gasteiger charge is -2.28. The minimum absolute atomic E-state index is 0.134. The number of methoxy groups -OCH3 is 3. The summed E-state index contributed by atoms with van der Waals surface area (Å²) in [5.41, 5.74) is 2.40. The van der Waals surface area contributed by atoms with Crippen molar-refractivity contribution in [1.82, 2.24) is 0 Å². The van der Waals surface area contributed by atoms with E-state index in [1.54, 1.807) is 27.4 Å². The predicted molar refractivity (Wildman–Crippen MR) is 137 cm³/mol. The number of hydrogen-bond acceptors (Lipinski definition) is 7. The molecular weight excluding hydrogens is 460 g/mol. The van der Waals surface area contributed by atoms with Gasteiger partial charge in [-0.05, 0) is 48.1 Å². The van der Waals surface area contributed by atoms with Gasteiger partial charge in [0.1, 0.15) is 30.0 Å². The minimum atomic E-state index is -0.394. The van der Waals surface area contributed by atoms with Crippen LogP contribution in [0.25, 0.3) is 0 Å². The van der Waals surface area contributed by atoms with E-state index < -0.39 is 5.97 Å². The van der Waals surface area contributed by atoms with Crippen molar-refractivity contribution in [2.24, 2.45) is 5.92 Å². The maximum absolute atomic E-state index is 13.4. The van der Waals surface area contributed by atoms with Crippen LogP contribution in [0.5, 0.6) is 11.5 Å². The molecule has 0 aliphatic carbocycles. The van der Waals surface area contributed by atoms with E-state index in [2.05, 4.69) is 19.1 Å². The smallest absolute Gasteiger partial charge is 0.342 e. The van der Waals surface area contributed by atoms with Crippen molar-refractivity contribution in [3.05, 3.63) is 71.3 Å². The first-order valence-electron chi connectivity index (χ1n) is 12.4. The molecule has 0 aromatic heterocycles. The fraction of sp³-hybridized carbons (Fsp3) is 0.483. The Bertz CT molecular complexity index is 970. The lowest BCUT2D eigenvalue weighted by atomic mass is 9.93. The molecule has 3 atom stereocenters. The molecule has 1 unspecified atom stereocenters. The summed E-state index contributed by atoms with van der Waals surface area (Å²) in [7, 11) is 4.81. The molecule has 0 amide bonds. The maximum Gasteiger partial charge on any atom is 0.342 e. The van der Waals surface area contributed by atoms with Gasteiger partial charge in [-0.15, -0.1) is 0 Å². The Labute approximate surface area is 214 Å². The summed E-state index contributed by atoms with van der Waals surface area (Å²) in [6.45, 7) is 3.23. The van der Waals surface area contributed by atoms with Crippen LogP contribution in [0.1, 0.15) is 47.7 Å². The number of hydrogen-bond donors (Lipinski definition) is 0. The SMILES string of the molecule is COCO[C@@H]1C[C@H](CCOCc2ccc(OC)cc2)OC(=O)c2c(cccc2OC)CC=CCC1C. The van der Waals surface area contributed by atoms with Gasteiger partial charge in [0.25, 0.3) is 0 Å². The third-order valence-electron chi connectivity index (χ3n) is 6.36. The Kier molecular flexibility index (Phi) is 11.3. The molecule has 1 heterocycles. The molecule has 3 rings (SSSR count). The standard InChI is InChI=1S/C29H38O7/c1-21-8-5-6-9-23-10-7-11-26(33-4)28(23)29(30)36-25(18-27(21)35-20-31-2)16-17-34-19-22-12-14-24(32-3)15-13-22/h5-7,10-15,21,25,27H,8-9,16-20H2,1-4H3/t21?,25-,27+/m0/s1. The predicted octanol–water partition coefficient (Wildman–Crippen LogP) is 5.35. The summed E-state index contributed by atoms with van der Waals surface area (Å²) in [5, 5.41) is 0. The number of cyclic esters (lactones) is 1. The Morgan fingerprint density at radius 3 is 2.53 bits per heavy atom. The monoisotopic (exact) mass is 498 g/mol. The Hall–Kier alpha value is -2.87. The van der Waals surface area contributed by atoms with E-state index in [0.29, 0.717) is 43.8 Å². The Balaban J connectivity index is 1.75. The van der Waals surface area contributed by atoms with Crippen LogP contribution in [0, 0.1) is 5.92 Å². The van der Waals surface area contributed by atoms with Crippen LogP contribution in [-0.4, -0.2) is 52.9 Å². The van der Waals surface area contributed by atoms with Crippen molar-refractivity contribution >= 4 is 5.97 Å².